The van der Waals surface area contributed by atoms with Crippen molar-refractivity contribution < 1.29 is 14.3 Å². The molecule has 5 rings (SSSR count). The molecule has 0 radical (unpaired) electrons. The second kappa shape index (κ2) is 11.8. The van der Waals surface area contributed by atoms with Gasteiger partial charge in [0.05, 0.1) is 26.0 Å². The molecule has 1 amide bonds. The summed E-state index contributed by atoms with van der Waals surface area (Å²) >= 11 is 0. The van der Waals surface area contributed by atoms with Crippen LogP contribution in [0.2, 0.25) is 0 Å². The van der Waals surface area contributed by atoms with Crippen LogP contribution in [0.25, 0.3) is 0 Å². The van der Waals surface area contributed by atoms with Gasteiger partial charge in [0.2, 0.25) is 5.91 Å². The molecule has 190 valence electrons. The predicted octanol–water partition coefficient (Wildman–Crippen LogP) is 4.78. The number of para-hydroxylation sites is 2. The van der Waals surface area contributed by atoms with Crippen molar-refractivity contribution in [2.24, 2.45) is 0 Å². The lowest BCUT2D eigenvalue weighted by Crippen LogP contribution is -2.40. The van der Waals surface area contributed by atoms with E-state index >= 15 is 0 Å². The number of fused-ring (bicyclic) bond motifs is 1. The molecular formula is C30H32N4O3. The van der Waals surface area contributed by atoms with Crippen molar-refractivity contribution in [1.29, 1.82) is 0 Å². The van der Waals surface area contributed by atoms with Gasteiger partial charge in [0, 0.05) is 43.2 Å². The molecule has 0 unspecified atom stereocenters. The highest BCUT2D eigenvalue weighted by Crippen LogP contribution is 2.34. The Morgan fingerprint density at radius 1 is 1.08 bits per heavy atom. The van der Waals surface area contributed by atoms with Gasteiger partial charge in [-0.25, -0.2) is 4.98 Å². The lowest BCUT2D eigenvalue weighted by Gasteiger charge is -2.26. The number of imidazole rings is 1. The fourth-order valence-electron chi connectivity index (χ4n) is 4.84. The van der Waals surface area contributed by atoms with Gasteiger partial charge in [0.1, 0.15) is 17.6 Å². The van der Waals surface area contributed by atoms with Gasteiger partial charge in [0.15, 0.2) is 0 Å². The van der Waals surface area contributed by atoms with E-state index in [2.05, 4.69) is 33.4 Å². The first-order chi connectivity index (χ1) is 18.2. The average Bonchev–Trinajstić information content (AvgIpc) is 3.39. The third-order valence-corrected chi connectivity index (χ3v) is 6.69. The molecule has 0 saturated carbocycles. The van der Waals surface area contributed by atoms with E-state index in [4.69, 9.17) is 9.47 Å². The fourth-order valence-corrected chi connectivity index (χ4v) is 4.84. The fraction of sp³-hybridized carbons (Fsp3) is 0.267. The first kappa shape index (κ1) is 24.6. The summed E-state index contributed by atoms with van der Waals surface area (Å²) in [6.07, 6.45) is 6.02. The maximum atomic E-state index is 13.4. The van der Waals surface area contributed by atoms with E-state index < -0.39 is 0 Å². The number of hydrogen-bond donors (Lipinski definition) is 1. The molecule has 0 fully saturated rings. The summed E-state index contributed by atoms with van der Waals surface area (Å²) in [5.41, 5.74) is 3.12. The van der Waals surface area contributed by atoms with Crippen molar-refractivity contribution in [3.8, 4) is 11.5 Å². The summed E-state index contributed by atoms with van der Waals surface area (Å²) in [5.74, 6) is 1.60. The standard InChI is InChI=1S/C30H32N4O3/c1-36-28-14-8-6-12-25(28)29-20-34(19-24-11-5-7-13-27(24)37-29)21-30(35)32-26(23-9-3-2-4-10-23)15-17-33-18-16-31-22-33/h2-14,16,18,22,26,29H,15,17,19-21H2,1H3,(H,32,35)/t26-,29-/m1/s1. The normalized spacial score (nSPS) is 16.2. The number of rotatable bonds is 9. The number of nitrogens with zero attached hydrogens (tertiary/aromatic N) is 3. The summed E-state index contributed by atoms with van der Waals surface area (Å²) in [5, 5.41) is 3.28. The topological polar surface area (TPSA) is 68.6 Å². The minimum atomic E-state index is -0.265. The molecule has 0 aliphatic carbocycles. The third kappa shape index (κ3) is 6.19. The summed E-state index contributed by atoms with van der Waals surface area (Å²) in [4.78, 5) is 19.7. The van der Waals surface area contributed by atoms with E-state index in [1.54, 1.807) is 19.6 Å². The Labute approximate surface area is 217 Å². The average molecular weight is 497 g/mol. The van der Waals surface area contributed by atoms with Gasteiger partial charge in [-0.2, -0.15) is 0 Å². The first-order valence-corrected chi connectivity index (χ1v) is 12.6. The van der Waals surface area contributed by atoms with E-state index in [-0.39, 0.29) is 24.6 Å². The Bertz CT molecular complexity index is 1290. The molecule has 0 bridgehead atoms. The second-order valence-electron chi connectivity index (χ2n) is 9.25. The van der Waals surface area contributed by atoms with Gasteiger partial charge in [-0.05, 0) is 24.1 Å². The van der Waals surface area contributed by atoms with Crippen LogP contribution in [0.1, 0.15) is 35.3 Å². The van der Waals surface area contributed by atoms with Crippen LogP contribution in [0, 0.1) is 0 Å². The number of methoxy groups -OCH3 is 1. The molecule has 3 aromatic carbocycles. The lowest BCUT2D eigenvalue weighted by atomic mass is 10.0. The van der Waals surface area contributed by atoms with Gasteiger partial charge in [-0.3, -0.25) is 9.69 Å². The predicted molar refractivity (Wildman–Crippen MR) is 142 cm³/mol. The Balaban J connectivity index is 1.33. The lowest BCUT2D eigenvalue weighted by molar-refractivity contribution is -0.123. The molecule has 0 saturated heterocycles. The molecule has 2 atom stereocenters. The van der Waals surface area contributed by atoms with E-state index in [1.807, 2.05) is 71.4 Å². The van der Waals surface area contributed by atoms with Crippen molar-refractivity contribution in [2.45, 2.75) is 31.7 Å². The van der Waals surface area contributed by atoms with Crippen LogP contribution < -0.4 is 14.8 Å². The van der Waals surface area contributed by atoms with Gasteiger partial charge < -0.3 is 19.4 Å². The van der Waals surface area contributed by atoms with Crippen LogP contribution in [-0.4, -0.2) is 40.6 Å². The maximum Gasteiger partial charge on any atom is 0.234 e. The van der Waals surface area contributed by atoms with Crippen LogP contribution >= 0.6 is 0 Å². The van der Waals surface area contributed by atoms with Crippen LogP contribution in [0.4, 0.5) is 0 Å². The van der Waals surface area contributed by atoms with Crippen LogP contribution in [0.3, 0.4) is 0 Å². The number of aryl methyl sites for hydroxylation is 1. The monoisotopic (exact) mass is 496 g/mol. The summed E-state index contributed by atoms with van der Waals surface area (Å²) in [6, 6.07) is 26.0. The molecule has 1 aliphatic rings. The molecule has 1 N–H and O–H groups in total. The number of hydrogen-bond acceptors (Lipinski definition) is 5. The molecule has 4 aromatic rings. The zero-order valence-electron chi connectivity index (χ0n) is 21.0. The quantitative estimate of drug-likeness (QED) is 0.361. The van der Waals surface area contributed by atoms with Gasteiger partial charge in [-0.1, -0.05) is 66.7 Å². The number of ether oxygens (including phenoxy) is 2. The third-order valence-electron chi connectivity index (χ3n) is 6.69. The van der Waals surface area contributed by atoms with E-state index in [0.29, 0.717) is 13.1 Å². The first-order valence-electron chi connectivity index (χ1n) is 12.6. The highest BCUT2D eigenvalue weighted by molar-refractivity contribution is 5.78. The molecular weight excluding hydrogens is 464 g/mol. The highest BCUT2D eigenvalue weighted by Gasteiger charge is 2.28. The molecule has 1 aliphatic heterocycles. The van der Waals surface area contributed by atoms with Gasteiger partial charge >= 0.3 is 0 Å². The molecule has 37 heavy (non-hydrogen) atoms. The Morgan fingerprint density at radius 3 is 2.68 bits per heavy atom. The summed E-state index contributed by atoms with van der Waals surface area (Å²) in [7, 11) is 1.67. The number of nitrogens with one attached hydrogen (secondary N) is 1. The summed E-state index contributed by atoms with van der Waals surface area (Å²) < 4.78 is 14.1. The van der Waals surface area contributed by atoms with Crippen LogP contribution in [-0.2, 0) is 17.9 Å². The minimum absolute atomic E-state index is 0.0161. The molecule has 2 heterocycles. The van der Waals surface area contributed by atoms with E-state index in [1.165, 1.54) is 0 Å². The Hall–Kier alpha value is -4.10. The minimum Gasteiger partial charge on any atom is -0.496 e. The molecule has 1 aromatic heterocycles. The Morgan fingerprint density at radius 2 is 1.86 bits per heavy atom. The number of carbonyl (C=O) groups is 1. The van der Waals surface area contributed by atoms with Crippen molar-refractivity contribution in [2.75, 3.05) is 20.2 Å². The van der Waals surface area contributed by atoms with Crippen LogP contribution in [0.5, 0.6) is 11.5 Å². The second-order valence-corrected chi connectivity index (χ2v) is 9.25. The van der Waals surface area contributed by atoms with Crippen molar-refractivity contribution in [1.82, 2.24) is 19.8 Å². The maximum absolute atomic E-state index is 13.4. The molecule has 7 nitrogen and oxygen atoms in total. The van der Waals surface area contributed by atoms with Crippen molar-refractivity contribution in [3.05, 3.63) is 114 Å². The van der Waals surface area contributed by atoms with Crippen molar-refractivity contribution >= 4 is 5.91 Å². The molecule has 0 spiro atoms. The SMILES string of the molecule is COc1ccccc1[C@H]1CN(CC(=O)N[C@H](CCn2ccnc2)c2ccccc2)Cc2ccccc2O1. The zero-order valence-corrected chi connectivity index (χ0v) is 21.0. The smallest absolute Gasteiger partial charge is 0.234 e. The van der Waals surface area contributed by atoms with Gasteiger partial charge in [-0.15, -0.1) is 0 Å². The van der Waals surface area contributed by atoms with Gasteiger partial charge in [0.25, 0.3) is 0 Å². The number of benzene rings is 3. The highest BCUT2D eigenvalue weighted by atomic mass is 16.5. The number of aromatic nitrogens is 2. The zero-order chi connectivity index (χ0) is 25.5. The van der Waals surface area contributed by atoms with Crippen LogP contribution in [0.15, 0.2) is 97.6 Å². The number of carbonyl (C=O) groups excluding carboxylic acids is 1. The number of amides is 1. The Kier molecular flexibility index (Phi) is 7.81. The van der Waals surface area contributed by atoms with E-state index in [0.717, 1.165) is 41.2 Å². The van der Waals surface area contributed by atoms with Crippen molar-refractivity contribution in [3.63, 3.8) is 0 Å². The summed E-state index contributed by atoms with van der Waals surface area (Å²) in [6.45, 7) is 2.21. The largest absolute Gasteiger partial charge is 0.496 e. The van der Waals surface area contributed by atoms with E-state index in [9.17, 15) is 4.79 Å². The molecule has 7 heteroatoms.